The van der Waals surface area contributed by atoms with Gasteiger partial charge in [-0.05, 0) is 106 Å². The van der Waals surface area contributed by atoms with E-state index in [0.29, 0.717) is 5.92 Å². The van der Waals surface area contributed by atoms with E-state index in [2.05, 4.69) is 113 Å². The van der Waals surface area contributed by atoms with Gasteiger partial charge >= 0.3 is 0 Å². The first-order valence-electron chi connectivity index (χ1n) is 16.7. The topological polar surface area (TPSA) is 21.2 Å². The first-order valence-corrected chi connectivity index (χ1v) is 16.7. The minimum atomic E-state index is 0.129. The summed E-state index contributed by atoms with van der Waals surface area (Å²) in [5, 5.41) is 8.16. The van der Waals surface area contributed by atoms with E-state index < -0.39 is 0 Å². The molecule has 4 aromatic carbocycles. The molecule has 0 spiro atoms. The predicted octanol–water partition coefficient (Wildman–Crippen LogP) is 10.5. The zero-order chi connectivity index (χ0) is 30.7. The van der Waals surface area contributed by atoms with Crippen LogP contribution in [0.1, 0.15) is 95.4 Å². The van der Waals surface area contributed by atoms with Crippen LogP contribution in [0.3, 0.4) is 0 Å². The summed E-state index contributed by atoms with van der Waals surface area (Å²) < 4.78 is 4.95. The number of fused-ring (bicyclic) bond motifs is 7. The summed E-state index contributed by atoms with van der Waals surface area (Å²) in [7, 11) is 2.18. The Kier molecular flexibility index (Phi) is 5.94. The van der Waals surface area contributed by atoms with Crippen molar-refractivity contribution in [3.8, 4) is 0 Å². The van der Waals surface area contributed by atoms with Crippen LogP contribution in [0.5, 0.6) is 0 Å². The maximum atomic E-state index is 4.97. The quantitative estimate of drug-likeness (QED) is 0.116. The van der Waals surface area contributed by atoms with Crippen LogP contribution in [0, 0.1) is 17.8 Å². The molecule has 0 atom stereocenters. The lowest BCUT2D eigenvalue weighted by atomic mass is 9.82. The van der Waals surface area contributed by atoms with Crippen molar-refractivity contribution in [3.05, 3.63) is 77.1 Å². The van der Waals surface area contributed by atoms with E-state index in [1.54, 1.807) is 0 Å². The highest BCUT2D eigenvalue weighted by Gasteiger charge is 2.29. The Morgan fingerprint density at radius 2 is 1.48 bits per heavy atom. The number of benzene rings is 4. The van der Waals surface area contributed by atoms with Gasteiger partial charge in [0.1, 0.15) is 5.52 Å². The second-order valence-electron chi connectivity index (χ2n) is 16.3. The van der Waals surface area contributed by atoms with Crippen molar-refractivity contribution in [1.82, 2.24) is 9.38 Å². The van der Waals surface area contributed by atoms with Crippen molar-refractivity contribution < 1.29 is 4.57 Å². The van der Waals surface area contributed by atoms with Crippen molar-refractivity contribution in [3.63, 3.8) is 0 Å². The van der Waals surface area contributed by atoms with Crippen molar-refractivity contribution in [2.24, 2.45) is 17.9 Å². The third kappa shape index (κ3) is 4.15. The standard InChI is InChI=1S/C41H46N3/c1-24-31-19-25(21-40(2,3)4)13-15-28(31)32(22-41(5,6)7)38-35(24)39-36-33(42-23-43(39)8)18-17-30-29-16-14-27(26-11-9-10-12-26)20-34(29)44(38)37(30)36/h13-20,23,26H,9-12,21-22H2,1-8H3/q+1. The Balaban J connectivity index is 1.64. The van der Waals surface area contributed by atoms with Gasteiger partial charge in [-0.25, -0.2) is 4.57 Å². The summed E-state index contributed by atoms with van der Waals surface area (Å²) in [6, 6.07) is 19.3. The molecule has 0 unspecified atom stereocenters. The number of nitrogens with zero attached hydrogens (tertiary/aromatic N) is 3. The molecule has 7 aromatic rings. The molecule has 0 amide bonds. The van der Waals surface area contributed by atoms with Gasteiger partial charge in [0.15, 0.2) is 5.52 Å². The highest BCUT2D eigenvalue weighted by atomic mass is 15.0. The number of hydrogen-bond acceptors (Lipinski definition) is 1. The average molecular weight is 581 g/mol. The minimum Gasteiger partial charge on any atom is -0.307 e. The third-order valence-corrected chi connectivity index (χ3v) is 10.3. The summed E-state index contributed by atoms with van der Waals surface area (Å²) in [6.07, 6.45) is 9.42. The Labute approximate surface area is 261 Å². The van der Waals surface area contributed by atoms with Crippen LogP contribution < -0.4 is 4.57 Å². The normalized spacial score (nSPS) is 15.5. The van der Waals surface area contributed by atoms with E-state index in [1.165, 1.54) is 102 Å². The van der Waals surface area contributed by atoms with Gasteiger partial charge in [0.05, 0.1) is 34.4 Å². The fourth-order valence-corrected chi connectivity index (χ4v) is 8.61. The van der Waals surface area contributed by atoms with Gasteiger partial charge in [0.25, 0.3) is 6.33 Å². The van der Waals surface area contributed by atoms with E-state index in [9.17, 15) is 0 Å². The Bertz CT molecular complexity index is 2260. The summed E-state index contributed by atoms with van der Waals surface area (Å²) in [5.74, 6) is 0.675. The lowest BCUT2D eigenvalue weighted by Gasteiger charge is -2.25. The highest BCUT2D eigenvalue weighted by Crippen LogP contribution is 2.46. The lowest BCUT2D eigenvalue weighted by molar-refractivity contribution is -0.646. The molecule has 44 heavy (non-hydrogen) atoms. The van der Waals surface area contributed by atoms with Gasteiger partial charge in [-0.2, -0.15) is 0 Å². The van der Waals surface area contributed by atoms with Gasteiger partial charge in [-0.1, -0.05) is 84.7 Å². The van der Waals surface area contributed by atoms with Gasteiger partial charge in [0.2, 0.25) is 0 Å². The lowest BCUT2D eigenvalue weighted by Crippen LogP contribution is -2.30. The zero-order valence-electron chi connectivity index (χ0n) is 27.9. The molecule has 0 aliphatic heterocycles. The highest BCUT2D eigenvalue weighted by molar-refractivity contribution is 6.28. The molecule has 3 heterocycles. The van der Waals surface area contributed by atoms with Gasteiger partial charge in [0, 0.05) is 10.8 Å². The van der Waals surface area contributed by atoms with Crippen LogP contribution in [0.2, 0.25) is 0 Å². The largest absolute Gasteiger partial charge is 0.307 e. The van der Waals surface area contributed by atoms with Crippen LogP contribution in [-0.2, 0) is 19.9 Å². The molecule has 1 saturated carbocycles. The Morgan fingerprint density at radius 1 is 0.773 bits per heavy atom. The summed E-state index contributed by atoms with van der Waals surface area (Å²) >= 11 is 0. The number of pyridine rings is 1. The molecule has 0 radical (unpaired) electrons. The molecule has 1 aliphatic carbocycles. The number of aromatic nitrogens is 3. The fraction of sp³-hybridized carbons (Fsp3) is 0.415. The first-order chi connectivity index (χ1) is 20.9. The van der Waals surface area contributed by atoms with Gasteiger partial charge in [-0.15, -0.1) is 0 Å². The maximum absolute atomic E-state index is 4.97. The second-order valence-corrected chi connectivity index (χ2v) is 16.3. The monoisotopic (exact) mass is 580 g/mol. The third-order valence-electron chi connectivity index (χ3n) is 10.3. The molecule has 8 rings (SSSR count). The van der Waals surface area contributed by atoms with Crippen molar-refractivity contribution >= 4 is 59.9 Å². The Hall–Kier alpha value is -3.72. The minimum absolute atomic E-state index is 0.129. The van der Waals surface area contributed by atoms with Crippen LogP contribution in [-0.4, -0.2) is 9.38 Å². The van der Waals surface area contributed by atoms with E-state index in [1.807, 2.05) is 6.33 Å². The molecular weight excluding hydrogens is 534 g/mol. The van der Waals surface area contributed by atoms with Crippen LogP contribution in [0.15, 0.2) is 54.9 Å². The summed E-state index contributed by atoms with van der Waals surface area (Å²) in [6.45, 7) is 16.6. The molecule has 224 valence electrons. The molecule has 3 nitrogen and oxygen atoms in total. The van der Waals surface area contributed by atoms with Crippen molar-refractivity contribution in [2.45, 2.75) is 92.9 Å². The van der Waals surface area contributed by atoms with E-state index >= 15 is 0 Å². The zero-order valence-corrected chi connectivity index (χ0v) is 27.9. The SMILES string of the molecule is Cc1c2cc(CC(C)(C)C)ccc2c(CC(C)(C)C)c2c1c1c3c(ccc4c5ccc(C6CCCC6)cc5n2c43)nc[n+]1C. The molecular formula is C41H46N3+. The van der Waals surface area contributed by atoms with Gasteiger partial charge < -0.3 is 4.40 Å². The molecule has 0 N–H and O–H groups in total. The summed E-state index contributed by atoms with van der Waals surface area (Å²) in [4.78, 5) is 4.97. The predicted molar refractivity (Wildman–Crippen MR) is 187 cm³/mol. The van der Waals surface area contributed by atoms with E-state index in [-0.39, 0.29) is 10.8 Å². The van der Waals surface area contributed by atoms with Crippen molar-refractivity contribution in [2.75, 3.05) is 0 Å². The smallest absolute Gasteiger partial charge is 0.287 e. The average Bonchev–Trinajstić information content (AvgIpc) is 3.61. The molecule has 3 aromatic heterocycles. The molecule has 1 fully saturated rings. The van der Waals surface area contributed by atoms with Crippen LogP contribution in [0.25, 0.3) is 59.9 Å². The number of hydrogen-bond donors (Lipinski definition) is 0. The summed E-state index contributed by atoms with van der Waals surface area (Å²) in [5.41, 5.74) is 12.6. The van der Waals surface area contributed by atoms with E-state index in [0.717, 1.165) is 18.4 Å². The van der Waals surface area contributed by atoms with Crippen LogP contribution in [0.4, 0.5) is 0 Å². The fourth-order valence-electron chi connectivity index (χ4n) is 8.61. The van der Waals surface area contributed by atoms with Crippen molar-refractivity contribution in [1.29, 1.82) is 0 Å². The van der Waals surface area contributed by atoms with Crippen LogP contribution >= 0.6 is 0 Å². The van der Waals surface area contributed by atoms with Gasteiger partial charge in [-0.3, -0.25) is 0 Å². The molecule has 0 bridgehead atoms. The molecule has 0 saturated heterocycles. The molecule has 1 aliphatic rings. The first kappa shape index (κ1) is 27.8. The van der Waals surface area contributed by atoms with E-state index in [4.69, 9.17) is 4.98 Å². The second kappa shape index (κ2) is 9.39. The number of rotatable bonds is 3. The molecule has 3 heteroatoms. The Morgan fingerprint density at radius 3 is 2.20 bits per heavy atom. The number of aryl methyl sites for hydroxylation is 2. The maximum Gasteiger partial charge on any atom is 0.287 e.